The second-order valence-electron chi connectivity index (χ2n) is 7.21. The summed E-state index contributed by atoms with van der Waals surface area (Å²) in [6.45, 7) is 3.93. The van der Waals surface area contributed by atoms with Crippen LogP contribution in [0.5, 0.6) is 0 Å². The minimum Gasteiger partial charge on any atom is -0.326 e. The number of piperidine rings is 1. The Morgan fingerprint density at radius 2 is 1.69 bits per heavy atom. The van der Waals surface area contributed by atoms with Crippen LogP contribution in [0.2, 0.25) is 0 Å². The summed E-state index contributed by atoms with van der Waals surface area (Å²) in [5.74, 6) is -0.426. The molecule has 1 aliphatic heterocycles. The van der Waals surface area contributed by atoms with Crippen molar-refractivity contribution in [2.75, 3.05) is 18.4 Å². The number of amides is 1. The van der Waals surface area contributed by atoms with Crippen molar-refractivity contribution >= 4 is 43.3 Å². The number of carbonyl (C=O) groups excluding carboxylic acids is 2. The van der Waals surface area contributed by atoms with Gasteiger partial charge in [-0.2, -0.15) is 4.31 Å². The van der Waals surface area contributed by atoms with E-state index in [4.69, 9.17) is 0 Å². The first kappa shape index (κ1) is 21.7. The lowest BCUT2D eigenvalue weighted by molar-refractivity contribution is -0.120. The molecule has 0 bridgehead atoms. The molecule has 2 aromatic carbocycles. The summed E-state index contributed by atoms with van der Waals surface area (Å²) in [5.41, 5.74) is 2.20. The highest BCUT2D eigenvalue weighted by molar-refractivity contribution is 9.10. The quantitative estimate of drug-likeness (QED) is 0.658. The molecular formula is C21H23BrN2O4S. The average Bonchev–Trinajstić information content (AvgIpc) is 2.70. The minimum absolute atomic E-state index is 0.0849. The first-order chi connectivity index (χ1) is 13.7. The molecule has 0 spiro atoms. The van der Waals surface area contributed by atoms with Gasteiger partial charge in [-0.15, -0.1) is 0 Å². The van der Waals surface area contributed by atoms with E-state index in [1.807, 2.05) is 25.1 Å². The number of anilines is 1. The van der Waals surface area contributed by atoms with E-state index in [2.05, 4.69) is 21.2 Å². The van der Waals surface area contributed by atoms with E-state index < -0.39 is 10.0 Å². The van der Waals surface area contributed by atoms with E-state index in [1.54, 1.807) is 0 Å². The smallest absolute Gasteiger partial charge is 0.243 e. The maximum absolute atomic E-state index is 12.8. The number of nitrogens with one attached hydrogen (secondary N) is 1. The zero-order valence-corrected chi connectivity index (χ0v) is 18.7. The predicted molar refractivity (Wildman–Crippen MR) is 115 cm³/mol. The largest absolute Gasteiger partial charge is 0.326 e. The summed E-state index contributed by atoms with van der Waals surface area (Å²) in [4.78, 5) is 24.1. The van der Waals surface area contributed by atoms with Gasteiger partial charge in [-0.25, -0.2) is 8.42 Å². The van der Waals surface area contributed by atoms with Crippen LogP contribution < -0.4 is 5.32 Å². The summed E-state index contributed by atoms with van der Waals surface area (Å²) in [5, 5.41) is 2.95. The van der Waals surface area contributed by atoms with Crippen molar-refractivity contribution < 1.29 is 18.0 Å². The Kier molecular flexibility index (Phi) is 6.55. The number of hydrogen-bond acceptors (Lipinski definition) is 4. The van der Waals surface area contributed by atoms with Gasteiger partial charge in [-0.05, 0) is 62.6 Å². The van der Waals surface area contributed by atoms with Crippen molar-refractivity contribution in [2.45, 2.75) is 31.6 Å². The summed E-state index contributed by atoms with van der Waals surface area (Å²) in [6, 6.07) is 11.6. The number of nitrogens with zero attached hydrogens (tertiary/aromatic N) is 1. The molecule has 0 radical (unpaired) electrons. The Morgan fingerprint density at radius 3 is 2.24 bits per heavy atom. The van der Waals surface area contributed by atoms with Gasteiger partial charge in [0.25, 0.3) is 0 Å². The maximum atomic E-state index is 12.8. The monoisotopic (exact) mass is 478 g/mol. The van der Waals surface area contributed by atoms with Gasteiger partial charge in [0.1, 0.15) is 0 Å². The van der Waals surface area contributed by atoms with E-state index in [-0.39, 0.29) is 35.6 Å². The zero-order chi connectivity index (χ0) is 21.2. The Labute approximate surface area is 179 Å². The molecule has 1 saturated heterocycles. The zero-order valence-electron chi connectivity index (χ0n) is 16.3. The summed E-state index contributed by atoms with van der Waals surface area (Å²) < 4.78 is 28.1. The lowest BCUT2D eigenvalue weighted by atomic mass is 9.97. The number of aryl methyl sites for hydroxylation is 1. The van der Waals surface area contributed by atoms with Crippen LogP contribution >= 0.6 is 15.9 Å². The van der Waals surface area contributed by atoms with E-state index >= 15 is 0 Å². The number of rotatable bonds is 5. The third kappa shape index (κ3) is 4.94. The summed E-state index contributed by atoms with van der Waals surface area (Å²) in [7, 11) is -3.64. The van der Waals surface area contributed by atoms with Crippen LogP contribution in [-0.2, 0) is 14.8 Å². The molecule has 0 saturated carbocycles. The van der Waals surface area contributed by atoms with Crippen molar-refractivity contribution in [3.8, 4) is 0 Å². The average molecular weight is 479 g/mol. The normalized spacial score (nSPS) is 15.8. The van der Waals surface area contributed by atoms with E-state index in [9.17, 15) is 18.0 Å². The number of hydrogen-bond donors (Lipinski definition) is 1. The fourth-order valence-corrected chi connectivity index (χ4v) is 5.32. The second-order valence-corrected chi connectivity index (χ2v) is 10.1. The van der Waals surface area contributed by atoms with Crippen LogP contribution in [0.1, 0.15) is 35.7 Å². The highest BCUT2D eigenvalue weighted by atomic mass is 79.9. The molecule has 1 aliphatic rings. The fraction of sp³-hybridized carbons (Fsp3) is 0.333. The lowest BCUT2D eigenvalue weighted by Gasteiger charge is -2.30. The molecule has 2 aromatic rings. The number of Topliss-reactive ketones (excluding diaryl/α,β-unsaturated/α-hetero) is 1. The molecule has 0 aliphatic carbocycles. The maximum Gasteiger partial charge on any atom is 0.243 e. The first-order valence-electron chi connectivity index (χ1n) is 9.36. The Morgan fingerprint density at radius 1 is 1.07 bits per heavy atom. The first-order valence-corrected chi connectivity index (χ1v) is 11.6. The molecule has 1 fully saturated rings. The van der Waals surface area contributed by atoms with Crippen molar-refractivity contribution in [2.24, 2.45) is 5.92 Å². The summed E-state index contributed by atoms with van der Waals surface area (Å²) >= 11 is 3.40. The van der Waals surface area contributed by atoms with Gasteiger partial charge in [0.15, 0.2) is 5.78 Å². The molecule has 1 N–H and O–H groups in total. The molecule has 1 amide bonds. The molecule has 0 aromatic heterocycles. The number of ketones is 1. The van der Waals surface area contributed by atoms with Crippen LogP contribution in [-0.4, -0.2) is 37.5 Å². The van der Waals surface area contributed by atoms with Crippen LogP contribution in [0.15, 0.2) is 51.8 Å². The highest BCUT2D eigenvalue weighted by Gasteiger charge is 2.32. The molecule has 3 rings (SSSR count). The van der Waals surface area contributed by atoms with Gasteiger partial charge in [0, 0.05) is 34.7 Å². The molecule has 8 heteroatoms. The van der Waals surface area contributed by atoms with Gasteiger partial charge in [0.2, 0.25) is 15.9 Å². The van der Waals surface area contributed by atoms with E-state index in [1.165, 1.54) is 35.5 Å². The molecule has 154 valence electrons. The van der Waals surface area contributed by atoms with Gasteiger partial charge >= 0.3 is 0 Å². The van der Waals surface area contributed by atoms with Gasteiger partial charge in [-0.3, -0.25) is 9.59 Å². The molecule has 1 heterocycles. The van der Waals surface area contributed by atoms with Crippen LogP contribution in [0, 0.1) is 12.8 Å². The number of halogens is 1. The fourth-order valence-electron chi connectivity index (χ4n) is 3.37. The lowest BCUT2D eigenvalue weighted by Crippen LogP contribution is -2.41. The predicted octanol–water partition coefficient (Wildman–Crippen LogP) is 4.00. The van der Waals surface area contributed by atoms with Crippen LogP contribution in [0.4, 0.5) is 5.69 Å². The van der Waals surface area contributed by atoms with E-state index in [0.29, 0.717) is 18.4 Å². The Balaban J connectivity index is 1.63. The van der Waals surface area contributed by atoms with Gasteiger partial charge in [-0.1, -0.05) is 28.1 Å². The van der Waals surface area contributed by atoms with Crippen molar-refractivity contribution in [3.63, 3.8) is 0 Å². The van der Waals surface area contributed by atoms with Crippen molar-refractivity contribution in [1.29, 1.82) is 0 Å². The molecular weight excluding hydrogens is 456 g/mol. The minimum atomic E-state index is -3.64. The van der Waals surface area contributed by atoms with Crippen LogP contribution in [0.3, 0.4) is 0 Å². The molecule has 0 atom stereocenters. The SMILES string of the molecule is CC(=O)c1ccc(S(=O)(=O)N2CCC(C(=O)Nc3ccc(Br)cc3C)CC2)cc1. The molecule has 6 nitrogen and oxygen atoms in total. The Bertz CT molecular complexity index is 1030. The number of benzene rings is 2. The number of sulfonamides is 1. The molecule has 0 unspecified atom stereocenters. The van der Waals surface area contributed by atoms with Crippen molar-refractivity contribution in [1.82, 2.24) is 4.31 Å². The number of carbonyl (C=O) groups is 2. The van der Waals surface area contributed by atoms with Crippen molar-refractivity contribution in [3.05, 3.63) is 58.1 Å². The standard InChI is InChI=1S/C21H23BrN2O4S/c1-14-13-18(22)5-8-20(14)23-21(26)17-9-11-24(12-10-17)29(27,28)19-6-3-16(4-7-19)15(2)25/h3-8,13,17H,9-12H2,1-2H3,(H,23,26). The van der Waals surface area contributed by atoms with Gasteiger partial charge < -0.3 is 5.32 Å². The topological polar surface area (TPSA) is 83.6 Å². The van der Waals surface area contributed by atoms with Crippen LogP contribution in [0.25, 0.3) is 0 Å². The summed E-state index contributed by atoms with van der Waals surface area (Å²) in [6.07, 6.45) is 0.929. The molecule has 29 heavy (non-hydrogen) atoms. The third-order valence-electron chi connectivity index (χ3n) is 5.17. The second kappa shape index (κ2) is 8.77. The highest BCUT2D eigenvalue weighted by Crippen LogP contribution is 2.26. The van der Waals surface area contributed by atoms with E-state index in [0.717, 1.165) is 15.7 Å². The Hall–Kier alpha value is -2.03. The van der Waals surface area contributed by atoms with Gasteiger partial charge in [0.05, 0.1) is 4.90 Å². The third-order valence-corrected chi connectivity index (χ3v) is 7.58.